The molecule has 5 rings (SSSR count). The number of nitrogen functional groups attached to an aromatic ring is 1. The van der Waals surface area contributed by atoms with E-state index in [4.69, 9.17) is 5.73 Å². The summed E-state index contributed by atoms with van der Waals surface area (Å²) in [5.41, 5.74) is 6.44. The van der Waals surface area contributed by atoms with Gasteiger partial charge in [0.1, 0.15) is 23.0 Å². The van der Waals surface area contributed by atoms with E-state index < -0.39 is 17.5 Å². The molecule has 6 N–H and O–H groups in total. The van der Waals surface area contributed by atoms with Crippen molar-refractivity contribution in [3.05, 3.63) is 53.7 Å². The van der Waals surface area contributed by atoms with Crippen LogP contribution in [0.1, 0.15) is 36.0 Å². The lowest BCUT2D eigenvalue weighted by molar-refractivity contribution is 0.0927. The van der Waals surface area contributed by atoms with Gasteiger partial charge in [0.05, 0.1) is 17.9 Å². The third-order valence-corrected chi connectivity index (χ3v) is 5.95. The quantitative estimate of drug-likeness (QED) is 0.303. The predicted octanol–water partition coefficient (Wildman–Crippen LogP) is 3.50. The molecule has 9 nitrogen and oxygen atoms in total. The number of carbonyl (C=O) groups is 1. The number of H-pyrrole nitrogens is 2. The van der Waals surface area contributed by atoms with Crippen LogP contribution in [0.25, 0.3) is 22.3 Å². The maximum Gasteiger partial charge on any atom is 0.256 e. The largest absolute Gasteiger partial charge is 0.383 e. The van der Waals surface area contributed by atoms with E-state index in [9.17, 15) is 18.0 Å². The van der Waals surface area contributed by atoms with Gasteiger partial charge in [-0.15, -0.1) is 0 Å². The number of hydrogen-bond donors (Lipinski definition) is 5. The van der Waals surface area contributed by atoms with Crippen molar-refractivity contribution in [1.29, 1.82) is 0 Å². The fraction of sp³-hybridized carbons (Fsp3) is 0.273. The molecule has 12 heteroatoms. The second kappa shape index (κ2) is 8.69. The van der Waals surface area contributed by atoms with Crippen molar-refractivity contribution in [2.24, 2.45) is 0 Å². The molecule has 34 heavy (non-hydrogen) atoms. The van der Waals surface area contributed by atoms with Gasteiger partial charge in [-0.1, -0.05) is 0 Å². The van der Waals surface area contributed by atoms with Crippen LogP contribution in [0.15, 0.2) is 30.7 Å². The first-order chi connectivity index (χ1) is 16.4. The number of amides is 1. The van der Waals surface area contributed by atoms with Gasteiger partial charge in [0.15, 0.2) is 17.5 Å². The Morgan fingerprint density at radius 3 is 2.74 bits per heavy atom. The van der Waals surface area contributed by atoms with E-state index in [0.29, 0.717) is 12.0 Å². The number of fused-ring (bicyclic) bond motifs is 1. The number of rotatable bonds is 5. The molecule has 1 saturated carbocycles. The summed E-state index contributed by atoms with van der Waals surface area (Å²) >= 11 is 0. The molecule has 0 saturated heterocycles. The molecular formula is C22H21F3N8O. The van der Waals surface area contributed by atoms with E-state index in [0.717, 1.165) is 31.5 Å². The molecule has 1 aromatic carbocycles. The molecule has 4 aromatic rings. The summed E-state index contributed by atoms with van der Waals surface area (Å²) in [6, 6.07) is 1.65. The highest BCUT2D eigenvalue weighted by atomic mass is 19.1. The number of anilines is 2. The monoisotopic (exact) mass is 470 g/mol. The van der Waals surface area contributed by atoms with Crippen molar-refractivity contribution in [3.63, 3.8) is 0 Å². The van der Waals surface area contributed by atoms with Crippen molar-refractivity contribution < 1.29 is 18.0 Å². The summed E-state index contributed by atoms with van der Waals surface area (Å²) in [5.74, 6) is -2.17. The molecule has 1 aliphatic rings. The van der Waals surface area contributed by atoms with Crippen molar-refractivity contribution in [2.75, 3.05) is 11.1 Å². The van der Waals surface area contributed by atoms with Gasteiger partial charge >= 0.3 is 0 Å². The molecule has 0 aliphatic heterocycles. The third-order valence-electron chi connectivity index (χ3n) is 5.95. The van der Waals surface area contributed by atoms with Crippen LogP contribution in [0.3, 0.4) is 0 Å². The van der Waals surface area contributed by atoms with Crippen LogP contribution < -0.4 is 16.4 Å². The zero-order valence-electron chi connectivity index (χ0n) is 17.8. The normalized spacial score (nSPS) is 18.2. The first kappa shape index (κ1) is 21.7. The standard InChI is InChI=1S/C22H21F3N8O/c23-10-4-13-14(7-27-18(13)16(24)5-10)20-28-9-17(25)21(32-20)30-11-2-1-3-12(6-11)31-22(34)15-8-29-33-19(15)26/h4-5,7-9,11-12,27H,1-3,6H2,(H,31,34)(H3,26,29,33)(H,28,30,32)/t11-,12+/m0/s1. The molecule has 0 radical (unpaired) electrons. The molecule has 1 amide bonds. The number of hydrogen-bond acceptors (Lipinski definition) is 6. The number of nitrogens with two attached hydrogens (primary N) is 1. The van der Waals surface area contributed by atoms with Gasteiger partial charge in [-0.05, 0) is 31.7 Å². The summed E-state index contributed by atoms with van der Waals surface area (Å²) in [6.07, 6.45) is 6.72. The third kappa shape index (κ3) is 4.14. The van der Waals surface area contributed by atoms with Crippen LogP contribution in [-0.2, 0) is 0 Å². The van der Waals surface area contributed by atoms with Crippen molar-refractivity contribution in [3.8, 4) is 11.4 Å². The van der Waals surface area contributed by atoms with Crippen LogP contribution in [0, 0.1) is 17.5 Å². The molecule has 1 fully saturated rings. The number of carbonyl (C=O) groups excluding carboxylic acids is 1. The summed E-state index contributed by atoms with van der Waals surface area (Å²) in [4.78, 5) is 23.5. The van der Waals surface area contributed by atoms with Gasteiger partial charge in [-0.25, -0.2) is 23.1 Å². The highest BCUT2D eigenvalue weighted by molar-refractivity contribution is 5.98. The minimum Gasteiger partial charge on any atom is -0.383 e. The number of aromatic nitrogens is 5. The van der Waals surface area contributed by atoms with Gasteiger partial charge in [0, 0.05) is 35.3 Å². The average molecular weight is 470 g/mol. The Bertz CT molecular complexity index is 1370. The van der Waals surface area contributed by atoms with Crippen LogP contribution in [0.2, 0.25) is 0 Å². The zero-order valence-corrected chi connectivity index (χ0v) is 17.8. The average Bonchev–Trinajstić information content (AvgIpc) is 3.42. The molecule has 0 unspecified atom stereocenters. The van der Waals surface area contributed by atoms with Crippen LogP contribution >= 0.6 is 0 Å². The first-order valence-corrected chi connectivity index (χ1v) is 10.7. The minimum atomic E-state index is -0.741. The number of benzene rings is 1. The van der Waals surface area contributed by atoms with Gasteiger partial charge in [0.2, 0.25) is 0 Å². The number of nitrogens with zero attached hydrogens (tertiary/aromatic N) is 3. The fourth-order valence-corrected chi connectivity index (χ4v) is 4.32. The van der Waals surface area contributed by atoms with Gasteiger partial charge < -0.3 is 21.4 Å². The lowest BCUT2D eigenvalue weighted by Crippen LogP contribution is -2.42. The summed E-state index contributed by atoms with van der Waals surface area (Å²) in [5, 5.41) is 12.6. The minimum absolute atomic E-state index is 0.0210. The smallest absolute Gasteiger partial charge is 0.256 e. The van der Waals surface area contributed by atoms with E-state index in [1.807, 2.05) is 0 Å². The van der Waals surface area contributed by atoms with E-state index in [-0.39, 0.29) is 51.9 Å². The Morgan fingerprint density at radius 2 is 1.94 bits per heavy atom. The van der Waals surface area contributed by atoms with E-state index >= 15 is 0 Å². The molecule has 2 atom stereocenters. The Labute approximate surface area is 191 Å². The maximum absolute atomic E-state index is 14.5. The summed E-state index contributed by atoms with van der Waals surface area (Å²) in [7, 11) is 0. The molecule has 3 heterocycles. The lowest BCUT2D eigenvalue weighted by Gasteiger charge is -2.30. The topological polar surface area (TPSA) is 137 Å². The van der Waals surface area contributed by atoms with E-state index in [1.165, 1.54) is 18.5 Å². The first-order valence-electron chi connectivity index (χ1n) is 10.7. The number of aromatic amines is 2. The van der Waals surface area contributed by atoms with Crippen molar-refractivity contribution in [1.82, 2.24) is 30.5 Å². The van der Waals surface area contributed by atoms with Crippen LogP contribution in [0.4, 0.5) is 24.8 Å². The van der Waals surface area contributed by atoms with Gasteiger partial charge in [0.25, 0.3) is 5.91 Å². The Morgan fingerprint density at radius 1 is 1.12 bits per heavy atom. The Kier molecular flexibility index (Phi) is 5.56. The Hall–Kier alpha value is -4.09. The predicted molar refractivity (Wildman–Crippen MR) is 119 cm³/mol. The SMILES string of the molecule is Nc1[nH]ncc1C(=O)N[C@@H]1CCC[C@H](Nc2nc(-c3c[nH]c4c(F)cc(F)cc34)ncc2F)C1. The maximum atomic E-state index is 14.5. The molecule has 0 spiro atoms. The van der Waals surface area contributed by atoms with Crippen molar-refractivity contribution in [2.45, 2.75) is 37.8 Å². The summed E-state index contributed by atoms with van der Waals surface area (Å²) < 4.78 is 42.3. The lowest BCUT2D eigenvalue weighted by atomic mass is 9.90. The van der Waals surface area contributed by atoms with Crippen LogP contribution in [-0.4, -0.2) is 43.1 Å². The number of nitrogens with one attached hydrogen (secondary N) is 4. The molecule has 176 valence electrons. The highest BCUT2D eigenvalue weighted by Crippen LogP contribution is 2.30. The van der Waals surface area contributed by atoms with Crippen LogP contribution in [0.5, 0.6) is 0 Å². The highest BCUT2D eigenvalue weighted by Gasteiger charge is 2.26. The summed E-state index contributed by atoms with van der Waals surface area (Å²) in [6.45, 7) is 0. The molecule has 3 aromatic heterocycles. The Balaban J connectivity index is 1.33. The second-order valence-electron chi connectivity index (χ2n) is 8.28. The van der Waals surface area contributed by atoms with E-state index in [1.54, 1.807) is 0 Å². The fourth-order valence-electron chi connectivity index (χ4n) is 4.32. The molecule has 1 aliphatic carbocycles. The van der Waals surface area contributed by atoms with Gasteiger partial charge in [-0.2, -0.15) is 5.10 Å². The second-order valence-corrected chi connectivity index (χ2v) is 8.28. The number of halogens is 3. The van der Waals surface area contributed by atoms with Gasteiger partial charge in [-0.3, -0.25) is 9.89 Å². The van der Waals surface area contributed by atoms with Crippen molar-refractivity contribution >= 4 is 28.4 Å². The van der Waals surface area contributed by atoms with E-state index in [2.05, 4.69) is 35.8 Å². The molecular weight excluding hydrogens is 449 g/mol. The zero-order chi connectivity index (χ0) is 23.8. The molecule has 0 bridgehead atoms.